The molecule has 1 rings (SSSR count). The molecule has 0 radical (unpaired) electrons. The summed E-state index contributed by atoms with van der Waals surface area (Å²) in [6.45, 7) is 13.2. The summed E-state index contributed by atoms with van der Waals surface area (Å²) in [6, 6.07) is 2.02. The summed E-state index contributed by atoms with van der Waals surface area (Å²) in [4.78, 5) is 4.56. The van der Waals surface area contributed by atoms with E-state index in [9.17, 15) is 0 Å². The van der Waals surface area contributed by atoms with E-state index >= 15 is 0 Å². The zero-order valence-corrected chi connectivity index (χ0v) is 17.6. The molecule has 0 aliphatic heterocycles. The van der Waals surface area contributed by atoms with Crippen LogP contribution >= 0.6 is 0 Å². The molecular weight excluding hydrogens is 344 g/mol. The first-order chi connectivity index (χ1) is 13.2. The van der Waals surface area contributed by atoms with Crippen LogP contribution in [-0.2, 0) is 16.0 Å². The van der Waals surface area contributed by atoms with Crippen molar-refractivity contribution >= 4 is 5.96 Å². The van der Waals surface area contributed by atoms with Crippen LogP contribution in [0.15, 0.2) is 15.6 Å². The number of hydrogen-bond donors (Lipinski definition) is 2. The molecule has 0 aliphatic rings. The number of aromatic nitrogens is 1. The highest BCUT2D eigenvalue weighted by molar-refractivity contribution is 5.79. The van der Waals surface area contributed by atoms with E-state index in [-0.39, 0.29) is 0 Å². The minimum atomic E-state index is 0.459. The second-order valence-corrected chi connectivity index (χ2v) is 6.43. The predicted molar refractivity (Wildman–Crippen MR) is 109 cm³/mol. The van der Waals surface area contributed by atoms with E-state index in [1.165, 1.54) is 0 Å². The second kappa shape index (κ2) is 15.5. The molecule has 0 atom stereocenters. The third-order valence-electron chi connectivity index (χ3n) is 4.27. The molecule has 0 saturated heterocycles. The molecule has 0 fully saturated rings. The molecule has 0 aliphatic carbocycles. The van der Waals surface area contributed by atoms with E-state index in [0.29, 0.717) is 38.8 Å². The van der Waals surface area contributed by atoms with Gasteiger partial charge < -0.3 is 24.6 Å². The van der Waals surface area contributed by atoms with E-state index < -0.39 is 0 Å². The van der Waals surface area contributed by atoms with Crippen molar-refractivity contribution in [3.8, 4) is 0 Å². The first-order valence-corrected chi connectivity index (χ1v) is 10.4. The van der Waals surface area contributed by atoms with E-state index in [1.807, 2.05) is 13.0 Å². The predicted octanol–water partition coefficient (Wildman–Crippen LogP) is 3.47. The average molecular weight is 383 g/mol. The lowest BCUT2D eigenvalue weighted by Gasteiger charge is -2.11. The molecule has 0 unspecified atom stereocenters. The Labute approximate surface area is 164 Å². The van der Waals surface area contributed by atoms with Crippen molar-refractivity contribution in [1.29, 1.82) is 0 Å². The van der Waals surface area contributed by atoms with Gasteiger partial charge in [-0.15, -0.1) is 0 Å². The van der Waals surface area contributed by atoms with Crippen LogP contribution in [0.2, 0.25) is 0 Å². The Hall–Kier alpha value is -1.60. The van der Waals surface area contributed by atoms with Crippen LogP contribution in [0.3, 0.4) is 0 Å². The minimum Gasteiger partial charge on any atom is -0.379 e. The second-order valence-electron chi connectivity index (χ2n) is 6.43. The van der Waals surface area contributed by atoms with E-state index in [4.69, 9.17) is 14.0 Å². The van der Waals surface area contributed by atoms with Crippen LogP contribution in [0.5, 0.6) is 0 Å². The van der Waals surface area contributed by atoms with Gasteiger partial charge in [-0.3, -0.25) is 0 Å². The number of guanidine groups is 1. The summed E-state index contributed by atoms with van der Waals surface area (Å²) >= 11 is 0. The van der Waals surface area contributed by atoms with Crippen LogP contribution in [-0.4, -0.2) is 50.6 Å². The summed E-state index contributed by atoms with van der Waals surface area (Å²) in [5, 5.41) is 10.7. The molecule has 0 spiro atoms. The maximum Gasteiger partial charge on any atom is 0.191 e. The number of hydrogen-bond acceptors (Lipinski definition) is 5. The third kappa shape index (κ3) is 10.3. The Kier molecular flexibility index (Phi) is 13.4. The molecule has 2 N–H and O–H groups in total. The van der Waals surface area contributed by atoms with Gasteiger partial charge in [0.1, 0.15) is 6.54 Å². The molecular formula is C20H38N4O3. The maximum absolute atomic E-state index is 5.56. The summed E-state index contributed by atoms with van der Waals surface area (Å²) in [5.74, 6) is 2.00. The highest BCUT2D eigenvalue weighted by atomic mass is 16.5. The maximum atomic E-state index is 5.56. The molecule has 27 heavy (non-hydrogen) atoms. The molecule has 7 heteroatoms. The van der Waals surface area contributed by atoms with E-state index in [1.54, 1.807) is 0 Å². The Morgan fingerprint density at radius 3 is 2.48 bits per heavy atom. The topological polar surface area (TPSA) is 80.9 Å². The van der Waals surface area contributed by atoms with Crippen molar-refractivity contribution in [3.63, 3.8) is 0 Å². The van der Waals surface area contributed by atoms with E-state index in [0.717, 1.165) is 56.2 Å². The molecule has 1 heterocycles. The fourth-order valence-electron chi connectivity index (χ4n) is 2.61. The van der Waals surface area contributed by atoms with E-state index in [2.05, 4.69) is 41.6 Å². The van der Waals surface area contributed by atoms with Crippen LogP contribution in [0.25, 0.3) is 0 Å². The van der Waals surface area contributed by atoms with Crippen molar-refractivity contribution in [1.82, 2.24) is 15.8 Å². The van der Waals surface area contributed by atoms with Crippen molar-refractivity contribution in [2.75, 3.05) is 39.5 Å². The monoisotopic (exact) mass is 382 g/mol. The van der Waals surface area contributed by atoms with Gasteiger partial charge in [0.25, 0.3) is 0 Å². The Balaban J connectivity index is 2.29. The molecule has 0 amide bonds. The Morgan fingerprint density at radius 1 is 1.07 bits per heavy atom. The fourth-order valence-corrected chi connectivity index (χ4v) is 2.61. The van der Waals surface area contributed by atoms with Crippen molar-refractivity contribution in [3.05, 3.63) is 17.5 Å². The molecule has 7 nitrogen and oxygen atoms in total. The van der Waals surface area contributed by atoms with Gasteiger partial charge in [-0.05, 0) is 26.2 Å². The number of nitrogens with zero attached hydrogens (tertiary/aromatic N) is 2. The third-order valence-corrected chi connectivity index (χ3v) is 4.27. The lowest BCUT2D eigenvalue weighted by molar-refractivity contribution is 0.0487. The number of unbranched alkanes of at least 4 members (excludes halogenated alkanes) is 1. The smallest absolute Gasteiger partial charge is 0.191 e. The highest BCUT2D eigenvalue weighted by Crippen LogP contribution is 2.22. The van der Waals surface area contributed by atoms with Gasteiger partial charge >= 0.3 is 0 Å². The van der Waals surface area contributed by atoms with Crippen LogP contribution in [0.4, 0.5) is 0 Å². The first kappa shape index (κ1) is 23.4. The lowest BCUT2D eigenvalue weighted by Crippen LogP contribution is -2.39. The van der Waals surface area contributed by atoms with Gasteiger partial charge in [-0.2, -0.15) is 0 Å². The first-order valence-electron chi connectivity index (χ1n) is 10.4. The molecule has 0 saturated carbocycles. The summed E-state index contributed by atoms with van der Waals surface area (Å²) < 4.78 is 16.5. The van der Waals surface area contributed by atoms with Gasteiger partial charge in [-0.1, -0.05) is 32.3 Å². The zero-order valence-electron chi connectivity index (χ0n) is 17.6. The highest BCUT2D eigenvalue weighted by Gasteiger charge is 2.12. The largest absolute Gasteiger partial charge is 0.379 e. The van der Waals surface area contributed by atoms with Crippen LogP contribution in [0, 0.1) is 0 Å². The summed E-state index contributed by atoms with van der Waals surface area (Å²) in [7, 11) is 0. The minimum absolute atomic E-state index is 0.459. The zero-order chi connectivity index (χ0) is 19.7. The van der Waals surface area contributed by atoms with Gasteiger partial charge in [0, 0.05) is 31.7 Å². The van der Waals surface area contributed by atoms with Gasteiger partial charge in [0.05, 0.1) is 25.5 Å². The van der Waals surface area contributed by atoms with Crippen molar-refractivity contribution in [2.45, 2.75) is 65.8 Å². The Bertz CT molecular complexity index is 501. The molecule has 1 aromatic rings. The number of rotatable bonds is 15. The fraction of sp³-hybridized carbons (Fsp3) is 0.800. The quantitative estimate of drug-likeness (QED) is 0.275. The van der Waals surface area contributed by atoms with Gasteiger partial charge in [0.15, 0.2) is 11.7 Å². The molecule has 1 aromatic heterocycles. The number of ether oxygens (including phenoxy) is 2. The standard InChI is InChI=1S/C20H38N4O3/c1-5-9-11-25-13-14-26-12-10-22-20(21-8-4)23-16-18-15-19(24-27-18)17(6-2)7-3/h15,17H,5-14,16H2,1-4H3,(H2,21,22,23). The average Bonchev–Trinajstić information content (AvgIpc) is 3.14. The van der Waals surface area contributed by atoms with Gasteiger partial charge in [0.2, 0.25) is 0 Å². The molecule has 0 aromatic carbocycles. The van der Waals surface area contributed by atoms with Crippen LogP contribution < -0.4 is 10.6 Å². The SMILES string of the molecule is CCCCOCCOCCNC(=NCc1cc(C(CC)CC)no1)NCC. The Morgan fingerprint density at radius 2 is 1.81 bits per heavy atom. The van der Waals surface area contributed by atoms with Gasteiger partial charge in [-0.25, -0.2) is 4.99 Å². The number of aliphatic imine (C=N–C) groups is 1. The molecule has 0 bridgehead atoms. The normalized spacial score (nSPS) is 12.0. The molecule has 156 valence electrons. The van der Waals surface area contributed by atoms with Crippen LogP contribution in [0.1, 0.15) is 70.8 Å². The number of nitrogens with one attached hydrogen (secondary N) is 2. The summed E-state index contributed by atoms with van der Waals surface area (Å²) in [5.41, 5.74) is 1.03. The lowest BCUT2D eigenvalue weighted by atomic mass is 9.99. The summed E-state index contributed by atoms with van der Waals surface area (Å²) in [6.07, 6.45) is 4.40. The van der Waals surface area contributed by atoms with Crippen molar-refractivity contribution in [2.24, 2.45) is 4.99 Å². The van der Waals surface area contributed by atoms with Crippen molar-refractivity contribution < 1.29 is 14.0 Å².